The van der Waals surface area contributed by atoms with Crippen LogP contribution in [0.3, 0.4) is 0 Å². The average Bonchev–Trinajstić information content (AvgIpc) is 2.41. The molecule has 0 amide bonds. The second-order valence-electron chi connectivity index (χ2n) is 4.41. The summed E-state index contributed by atoms with van der Waals surface area (Å²) in [7, 11) is 0. The number of anilines is 2. The number of rotatable bonds is 2. The highest BCUT2D eigenvalue weighted by Crippen LogP contribution is 2.22. The van der Waals surface area contributed by atoms with E-state index >= 15 is 0 Å². The van der Waals surface area contributed by atoms with Gasteiger partial charge in [-0.25, -0.2) is 4.79 Å². The van der Waals surface area contributed by atoms with Gasteiger partial charge in [0, 0.05) is 41.5 Å². The average molecular weight is 277 g/mol. The molecule has 1 aromatic carbocycles. The number of benzene rings is 1. The SMILES string of the molecule is O=c1nc(Nc2ccc(Cl)cc2)c2c([nH]1)CCNC2. The van der Waals surface area contributed by atoms with Crippen molar-refractivity contribution in [1.29, 1.82) is 0 Å². The number of hydrogen-bond donors (Lipinski definition) is 3. The number of H-pyrrole nitrogens is 1. The first kappa shape index (κ1) is 12.2. The van der Waals surface area contributed by atoms with Crippen LogP contribution >= 0.6 is 11.6 Å². The van der Waals surface area contributed by atoms with Crippen LogP contribution < -0.4 is 16.3 Å². The third kappa shape index (κ3) is 2.62. The first-order valence-corrected chi connectivity index (χ1v) is 6.45. The summed E-state index contributed by atoms with van der Waals surface area (Å²) in [5, 5.41) is 7.12. The maximum atomic E-state index is 11.6. The Kier molecular flexibility index (Phi) is 3.23. The van der Waals surface area contributed by atoms with Crippen molar-refractivity contribution in [2.45, 2.75) is 13.0 Å². The molecule has 1 aromatic heterocycles. The van der Waals surface area contributed by atoms with E-state index in [1.54, 1.807) is 12.1 Å². The molecule has 0 saturated heterocycles. The molecule has 0 fully saturated rings. The fourth-order valence-corrected chi connectivity index (χ4v) is 2.27. The van der Waals surface area contributed by atoms with Crippen LogP contribution in [0.5, 0.6) is 0 Å². The van der Waals surface area contributed by atoms with Gasteiger partial charge in [0.1, 0.15) is 5.82 Å². The van der Waals surface area contributed by atoms with Crippen molar-refractivity contribution in [1.82, 2.24) is 15.3 Å². The van der Waals surface area contributed by atoms with Crippen LogP contribution in [-0.4, -0.2) is 16.5 Å². The molecule has 3 N–H and O–H groups in total. The summed E-state index contributed by atoms with van der Waals surface area (Å²) in [6, 6.07) is 7.30. The Balaban J connectivity index is 1.98. The zero-order valence-corrected chi connectivity index (χ0v) is 10.9. The number of nitrogens with zero attached hydrogens (tertiary/aromatic N) is 1. The summed E-state index contributed by atoms with van der Waals surface area (Å²) >= 11 is 5.85. The van der Waals surface area contributed by atoms with Crippen LogP contribution in [0.2, 0.25) is 5.02 Å². The van der Waals surface area contributed by atoms with Crippen LogP contribution in [0.25, 0.3) is 0 Å². The molecule has 2 heterocycles. The number of aromatic amines is 1. The van der Waals surface area contributed by atoms with Crippen molar-refractivity contribution in [3.63, 3.8) is 0 Å². The Morgan fingerprint density at radius 1 is 1.26 bits per heavy atom. The molecule has 5 nitrogen and oxygen atoms in total. The van der Waals surface area contributed by atoms with E-state index in [0.29, 0.717) is 17.4 Å². The molecule has 2 aromatic rings. The minimum Gasteiger partial charge on any atom is -0.340 e. The summed E-state index contributed by atoms with van der Waals surface area (Å²) in [5.41, 5.74) is 2.50. The zero-order valence-electron chi connectivity index (χ0n) is 10.2. The van der Waals surface area contributed by atoms with E-state index in [9.17, 15) is 4.79 Å². The van der Waals surface area contributed by atoms with E-state index in [4.69, 9.17) is 11.6 Å². The number of halogens is 1. The molecule has 0 unspecified atom stereocenters. The molecule has 3 rings (SSSR count). The van der Waals surface area contributed by atoms with E-state index in [-0.39, 0.29) is 5.69 Å². The lowest BCUT2D eigenvalue weighted by Gasteiger charge is -2.19. The monoisotopic (exact) mass is 276 g/mol. The van der Waals surface area contributed by atoms with Crippen LogP contribution in [0.1, 0.15) is 11.3 Å². The maximum absolute atomic E-state index is 11.6. The zero-order chi connectivity index (χ0) is 13.2. The van der Waals surface area contributed by atoms with Gasteiger partial charge in [0.15, 0.2) is 0 Å². The Morgan fingerprint density at radius 2 is 2.05 bits per heavy atom. The summed E-state index contributed by atoms with van der Waals surface area (Å²) in [6.07, 6.45) is 0.808. The van der Waals surface area contributed by atoms with Crippen LogP contribution in [0, 0.1) is 0 Å². The van der Waals surface area contributed by atoms with Gasteiger partial charge in [-0.2, -0.15) is 4.98 Å². The quantitative estimate of drug-likeness (QED) is 0.782. The highest BCUT2D eigenvalue weighted by molar-refractivity contribution is 6.30. The normalized spacial score (nSPS) is 13.9. The van der Waals surface area contributed by atoms with Crippen molar-refractivity contribution < 1.29 is 0 Å². The summed E-state index contributed by atoms with van der Waals surface area (Å²) in [5.74, 6) is 0.605. The number of aromatic nitrogens is 2. The van der Waals surface area contributed by atoms with Gasteiger partial charge in [-0.1, -0.05) is 11.6 Å². The van der Waals surface area contributed by atoms with E-state index in [2.05, 4.69) is 20.6 Å². The first-order chi connectivity index (χ1) is 9.22. The lowest BCUT2D eigenvalue weighted by atomic mass is 10.1. The van der Waals surface area contributed by atoms with Crippen LogP contribution in [-0.2, 0) is 13.0 Å². The fourth-order valence-electron chi connectivity index (χ4n) is 2.15. The van der Waals surface area contributed by atoms with Gasteiger partial charge in [0.2, 0.25) is 0 Å². The van der Waals surface area contributed by atoms with E-state index in [1.165, 1.54) is 0 Å². The van der Waals surface area contributed by atoms with Gasteiger partial charge in [0.05, 0.1) is 0 Å². The summed E-state index contributed by atoms with van der Waals surface area (Å²) in [6.45, 7) is 1.57. The highest BCUT2D eigenvalue weighted by Gasteiger charge is 2.15. The second-order valence-corrected chi connectivity index (χ2v) is 4.84. The summed E-state index contributed by atoms with van der Waals surface area (Å²) in [4.78, 5) is 18.4. The Labute approximate surface area is 115 Å². The Bertz CT molecular complexity index is 651. The lowest BCUT2D eigenvalue weighted by Crippen LogP contribution is -2.29. The van der Waals surface area contributed by atoms with E-state index < -0.39 is 0 Å². The minimum atomic E-state index is -0.322. The standard InChI is InChI=1S/C13H13ClN4O/c14-8-1-3-9(4-2-8)16-12-10-7-15-6-5-11(10)17-13(19)18-12/h1-4,15H,5-7H2,(H2,16,17,18,19). The van der Waals surface area contributed by atoms with Crippen LogP contribution in [0.4, 0.5) is 11.5 Å². The van der Waals surface area contributed by atoms with Gasteiger partial charge in [-0.3, -0.25) is 0 Å². The first-order valence-electron chi connectivity index (χ1n) is 6.08. The third-order valence-electron chi connectivity index (χ3n) is 3.08. The van der Waals surface area contributed by atoms with Crippen molar-refractivity contribution in [3.8, 4) is 0 Å². The van der Waals surface area contributed by atoms with Crippen molar-refractivity contribution in [2.75, 3.05) is 11.9 Å². The molecule has 0 bridgehead atoms. The van der Waals surface area contributed by atoms with E-state index in [1.807, 2.05) is 12.1 Å². The molecule has 98 valence electrons. The van der Waals surface area contributed by atoms with E-state index in [0.717, 1.165) is 29.9 Å². The Morgan fingerprint density at radius 3 is 2.84 bits per heavy atom. The molecule has 0 spiro atoms. The second kappa shape index (κ2) is 5.03. The van der Waals surface area contributed by atoms with Crippen molar-refractivity contribution in [3.05, 3.63) is 51.0 Å². The van der Waals surface area contributed by atoms with Gasteiger partial charge in [-0.05, 0) is 24.3 Å². The number of hydrogen-bond acceptors (Lipinski definition) is 4. The molecule has 1 aliphatic heterocycles. The number of fused-ring (bicyclic) bond motifs is 1. The smallest absolute Gasteiger partial charge is 0.340 e. The highest BCUT2D eigenvalue weighted by atomic mass is 35.5. The van der Waals surface area contributed by atoms with Crippen molar-refractivity contribution >= 4 is 23.1 Å². The predicted molar refractivity (Wildman–Crippen MR) is 75.0 cm³/mol. The number of nitrogens with one attached hydrogen (secondary N) is 3. The third-order valence-corrected chi connectivity index (χ3v) is 3.33. The van der Waals surface area contributed by atoms with Crippen LogP contribution in [0.15, 0.2) is 29.1 Å². The molecule has 0 atom stereocenters. The van der Waals surface area contributed by atoms with Crippen molar-refractivity contribution in [2.24, 2.45) is 0 Å². The van der Waals surface area contributed by atoms with Gasteiger partial charge < -0.3 is 15.6 Å². The molecule has 19 heavy (non-hydrogen) atoms. The molecular weight excluding hydrogens is 264 g/mol. The Hall–Kier alpha value is -1.85. The molecule has 1 aliphatic rings. The molecular formula is C13H13ClN4O. The molecule has 0 aliphatic carbocycles. The topological polar surface area (TPSA) is 69.8 Å². The fraction of sp³-hybridized carbons (Fsp3) is 0.231. The molecule has 0 radical (unpaired) electrons. The lowest BCUT2D eigenvalue weighted by molar-refractivity contribution is 0.624. The van der Waals surface area contributed by atoms with Gasteiger partial charge in [0.25, 0.3) is 0 Å². The van der Waals surface area contributed by atoms with Gasteiger partial charge in [-0.15, -0.1) is 0 Å². The predicted octanol–water partition coefficient (Wildman–Crippen LogP) is 1.81. The summed E-state index contributed by atoms with van der Waals surface area (Å²) < 4.78 is 0. The minimum absolute atomic E-state index is 0.322. The molecule has 6 heteroatoms. The maximum Gasteiger partial charge on any atom is 0.347 e. The van der Waals surface area contributed by atoms with Gasteiger partial charge >= 0.3 is 5.69 Å². The molecule has 0 saturated carbocycles. The largest absolute Gasteiger partial charge is 0.347 e.